The molecular weight excluding hydrogens is 910 g/mol. The standard InChI is InChI=1S/C69H74BN5/c1-43-34-48(65(5,6)7)23-30-57(43)74-59-31-24-49(66(8,9)10)36-56(59)70-55-28-27-52(39-60(55)73(51-25-21-47(22-26-51)64(2,3)4)61-37-50(67(11,12)13)38-62(74)63(61)70)75-58-29-20-45(46-40-71-42-72-41-46)35-54(58)68(14)33-32-44-18-16-17-19-53(44)69(68,75)15/h16-31,34-42H,32-33H2,1-15H3. The summed E-state index contributed by atoms with van der Waals surface area (Å²) >= 11 is 0. The van der Waals surface area contributed by atoms with E-state index < -0.39 is 5.54 Å². The van der Waals surface area contributed by atoms with Gasteiger partial charge in [0.25, 0.3) is 6.71 Å². The zero-order valence-electron chi connectivity index (χ0n) is 47.2. The first-order chi connectivity index (χ1) is 35.4. The van der Waals surface area contributed by atoms with Crippen LogP contribution in [0.2, 0.25) is 0 Å². The van der Waals surface area contributed by atoms with Gasteiger partial charge in [0.05, 0.1) is 5.54 Å². The van der Waals surface area contributed by atoms with Gasteiger partial charge in [0, 0.05) is 68.9 Å². The molecule has 2 unspecified atom stereocenters. The Morgan fingerprint density at radius 3 is 1.71 bits per heavy atom. The van der Waals surface area contributed by atoms with Gasteiger partial charge in [0.15, 0.2) is 0 Å². The van der Waals surface area contributed by atoms with Crippen molar-refractivity contribution < 1.29 is 0 Å². The number of hydrogen-bond acceptors (Lipinski definition) is 5. The van der Waals surface area contributed by atoms with Crippen molar-refractivity contribution in [2.75, 3.05) is 14.7 Å². The van der Waals surface area contributed by atoms with Crippen LogP contribution in [0.3, 0.4) is 0 Å². The Hall–Kier alpha value is -6.92. The van der Waals surface area contributed by atoms with Crippen molar-refractivity contribution in [1.82, 2.24) is 9.97 Å². The van der Waals surface area contributed by atoms with Gasteiger partial charge in [0.2, 0.25) is 0 Å². The van der Waals surface area contributed by atoms with E-state index >= 15 is 0 Å². The van der Waals surface area contributed by atoms with Gasteiger partial charge in [-0.2, -0.15) is 0 Å². The van der Waals surface area contributed by atoms with Gasteiger partial charge in [-0.1, -0.05) is 163 Å². The maximum absolute atomic E-state index is 4.44. The molecule has 0 fully saturated rings. The quantitative estimate of drug-likeness (QED) is 0.164. The average Bonchev–Trinajstić information content (AvgIpc) is 3.69. The van der Waals surface area contributed by atoms with Crippen LogP contribution in [0.25, 0.3) is 11.1 Å². The topological polar surface area (TPSA) is 35.5 Å². The maximum atomic E-state index is 4.44. The lowest BCUT2D eigenvalue weighted by atomic mass is 9.33. The van der Waals surface area contributed by atoms with Crippen LogP contribution in [0.15, 0.2) is 152 Å². The minimum Gasteiger partial charge on any atom is -0.330 e. The zero-order valence-corrected chi connectivity index (χ0v) is 47.2. The minimum absolute atomic E-state index is 0.00617. The fraction of sp³-hybridized carbons (Fsp3) is 0.333. The molecule has 4 heterocycles. The van der Waals surface area contributed by atoms with Crippen LogP contribution in [-0.2, 0) is 39.0 Å². The Morgan fingerprint density at radius 1 is 0.467 bits per heavy atom. The van der Waals surface area contributed by atoms with Crippen molar-refractivity contribution in [1.29, 1.82) is 0 Å². The highest BCUT2D eigenvalue weighted by atomic mass is 15.3. The lowest BCUT2D eigenvalue weighted by Gasteiger charge is -2.51. The molecule has 1 aromatic heterocycles. The van der Waals surface area contributed by atoms with Crippen molar-refractivity contribution in [3.63, 3.8) is 0 Å². The number of hydrogen-bond donors (Lipinski definition) is 0. The van der Waals surface area contributed by atoms with Crippen molar-refractivity contribution in [2.24, 2.45) is 0 Å². The molecule has 378 valence electrons. The van der Waals surface area contributed by atoms with Crippen molar-refractivity contribution in [2.45, 2.75) is 149 Å². The van der Waals surface area contributed by atoms with Crippen LogP contribution in [0.4, 0.5) is 45.5 Å². The molecule has 0 saturated carbocycles. The second-order valence-corrected chi connectivity index (χ2v) is 26.9. The third kappa shape index (κ3) is 7.47. The first-order valence-electron chi connectivity index (χ1n) is 27.5. The van der Waals surface area contributed by atoms with Crippen LogP contribution < -0.4 is 31.1 Å². The molecule has 0 spiro atoms. The van der Waals surface area contributed by atoms with Crippen molar-refractivity contribution in [3.8, 4) is 11.1 Å². The number of anilines is 8. The van der Waals surface area contributed by atoms with Gasteiger partial charge in [0.1, 0.15) is 6.33 Å². The van der Waals surface area contributed by atoms with Crippen molar-refractivity contribution in [3.05, 3.63) is 197 Å². The average molecular weight is 984 g/mol. The molecular formula is C69H74BN5. The molecule has 3 aliphatic heterocycles. The molecule has 0 amide bonds. The summed E-state index contributed by atoms with van der Waals surface area (Å²) in [5.74, 6) is 0. The predicted molar refractivity (Wildman–Crippen MR) is 319 cm³/mol. The van der Waals surface area contributed by atoms with E-state index in [9.17, 15) is 0 Å². The summed E-state index contributed by atoms with van der Waals surface area (Å²) in [5.41, 5.74) is 26.0. The predicted octanol–water partition coefficient (Wildman–Crippen LogP) is 16.0. The van der Waals surface area contributed by atoms with Crippen LogP contribution in [-0.4, -0.2) is 16.7 Å². The van der Waals surface area contributed by atoms with Gasteiger partial charge in [-0.3, -0.25) is 0 Å². The van der Waals surface area contributed by atoms with E-state index in [0.29, 0.717) is 0 Å². The first-order valence-corrected chi connectivity index (χ1v) is 27.5. The number of aromatic nitrogens is 2. The van der Waals surface area contributed by atoms with E-state index in [2.05, 4.69) is 262 Å². The number of benzene rings is 7. The van der Waals surface area contributed by atoms with Crippen LogP contribution in [0.1, 0.15) is 148 Å². The van der Waals surface area contributed by atoms with Crippen molar-refractivity contribution >= 4 is 68.6 Å². The van der Waals surface area contributed by atoms with E-state index in [1.807, 2.05) is 12.4 Å². The molecule has 8 aromatic rings. The fourth-order valence-electron chi connectivity index (χ4n) is 13.4. The highest BCUT2D eigenvalue weighted by Crippen LogP contribution is 2.64. The molecule has 0 N–H and O–H groups in total. The van der Waals surface area contributed by atoms with Crippen LogP contribution in [0.5, 0.6) is 0 Å². The molecule has 1 aliphatic carbocycles. The highest BCUT2D eigenvalue weighted by molar-refractivity contribution is 7.00. The zero-order chi connectivity index (χ0) is 52.9. The Labute approximate surface area is 448 Å². The molecule has 0 radical (unpaired) electrons. The lowest BCUT2D eigenvalue weighted by Crippen LogP contribution is -2.61. The van der Waals surface area contributed by atoms with E-state index in [0.717, 1.165) is 29.7 Å². The number of nitrogens with zero attached hydrogens (tertiary/aromatic N) is 5. The molecule has 0 saturated heterocycles. The third-order valence-electron chi connectivity index (χ3n) is 18.0. The smallest absolute Gasteiger partial charge is 0.252 e. The molecule has 2 atom stereocenters. The Kier molecular flexibility index (Phi) is 10.8. The van der Waals surface area contributed by atoms with Gasteiger partial charge < -0.3 is 14.7 Å². The summed E-state index contributed by atoms with van der Waals surface area (Å²) in [7, 11) is 0. The normalized spacial score (nSPS) is 18.8. The van der Waals surface area contributed by atoms with Gasteiger partial charge in [-0.25, -0.2) is 9.97 Å². The van der Waals surface area contributed by atoms with E-state index in [4.69, 9.17) is 0 Å². The molecule has 0 bridgehead atoms. The lowest BCUT2D eigenvalue weighted by molar-refractivity contribution is 0.245. The Morgan fingerprint density at radius 2 is 1.05 bits per heavy atom. The summed E-state index contributed by atoms with van der Waals surface area (Å²) in [6, 6.07) is 53.0. The third-order valence-corrected chi connectivity index (χ3v) is 18.0. The summed E-state index contributed by atoms with van der Waals surface area (Å²) in [5, 5.41) is 0. The first kappa shape index (κ1) is 49.0. The minimum atomic E-state index is -0.400. The summed E-state index contributed by atoms with van der Waals surface area (Å²) in [4.78, 5) is 16.9. The van der Waals surface area contributed by atoms with Gasteiger partial charge >= 0.3 is 0 Å². The number of rotatable bonds is 4. The Balaban J connectivity index is 1.16. The SMILES string of the molecule is Cc1cc(C(C)(C)C)ccc1N1c2ccc(C(C)(C)C)cc2B2c3ccc(N4c5ccc(-c6cncnc6)cc5C5(C)CCc6ccccc6C45C)cc3N(c3ccc(C(C)(C)C)cc3)c3cc(C(C)(C)C)cc1c32. The highest BCUT2D eigenvalue weighted by Gasteiger charge is 2.60. The van der Waals surface area contributed by atoms with Gasteiger partial charge in [-0.05, 0) is 175 Å². The van der Waals surface area contributed by atoms with Gasteiger partial charge in [-0.15, -0.1) is 0 Å². The number of fused-ring (bicyclic) bond motifs is 9. The second-order valence-electron chi connectivity index (χ2n) is 26.9. The molecule has 4 aliphatic rings. The van der Waals surface area contributed by atoms with Crippen LogP contribution >= 0.6 is 0 Å². The molecule has 6 heteroatoms. The maximum Gasteiger partial charge on any atom is 0.252 e. The Bertz CT molecular complexity index is 3600. The van der Waals surface area contributed by atoms with E-state index in [-0.39, 0.29) is 33.8 Å². The number of aryl methyl sites for hydroxylation is 2. The fourth-order valence-corrected chi connectivity index (χ4v) is 13.4. The van der Waals surface area contributed by atoms with E-state index in [1.54, 1.807) is 6.33 Å². The second kappa shape index (κ2) is 16.5. The molecule has 7 aromatic carbocycles. The largest absolute Gasteiger partial charge is 0.330 e. The molecule has 75 heavy (non-hydrogen) atoms. The summed E-state index contributed by atoms with van der Waals surface area (Å²) in [6.45, 7) is 35.4. The summed E-state index contributed by atoms with van der Waals surface area (Å²) < 4.78 is 0. The summed E-state index contributed by atoms with van der Waals surface area (Å²) in [6.07, 6.45) is 7.56. The molecule has 12 rings (SSSR count). The monoisotopic (exact) mass is 984 g/mol. The van der Waals surface area contributed by atoms with E-state index in [1.165, 1.54) is 101 Å². The van der Waals surface area contributed by atoms with Crippen LogP contribution in [0, 0.1) is 6.92 Å². The molecule has 5 nitrogen and oxygen atoms in total.